The Hall–Kier alpha value is -5.52. The third-order valence-corrected chi connectivity index (χ3v) is 10.6. The van der Waals surface area contributed by atoms with Crippen LogP contribution in [-0.2, 0) is 29.1 Å². The topological polar surface area (TPSA) is 191 Å². The molecule has 1 fully saturated rings. The monoisotopic (exact) mass is 765 g/mol. The Morgan fingerprint density at radius 3 is 2.62 bits per heavy atom. The fraction of sp³-hybridized carbons (Fsp3) is 0.341. The predicted molar refractivity (Wildman–Crippen MR) is 203 cm³/mol. The summed E-state index contributed by atoms with van der Waals surface area (Å²) in [5.74, 6) is -1.30. The van der Waals surface area contributed by atoms with E-state index < -0.39 is 18.0 Å². The Morgan fingerprint density at radius 2 is 1.87 bits per heavy atom. The Morgan fingerprint density at radius 1 is 1.09 bits per heavy atom. The van der Waals surface area contributed by atoms with E-state index >= 15 is 0 Å². The fourth-order valence-corrected chi connectivity index (χ4v) is 7.85. The lowest BCUT2D eigenvalue weighted by molar-refractivity contribution is -0.141. The van der Waals surface area contributed by atoms with Crippen LogP contribution in [0.2, 0.25) is 5.02 Å². The molecule has 4 N–H and O–H groups in total. The first kappa shape index (κ1) is 37.8. The Balaban J connectivity index is 1.11. The van der Waals surface area contributed by atoms with E-state index in [0.29, 0.717) is 71.5 Å². The molecule has 1 aliphatic carbocycles. The maximum atomic E-state index is 11.5. The van der Waals surface area contributed by atoms with Gasteiger partial charge in [-0.2, -0.15) is 10.2 Å². The lowest BCUT2D eigenvalue weighted by Gasteiger charge is -2.18. The van der Waals surface area contributed by atoms with E-state index in [0.717, 1.165) is 45.4 Å². The van der Waals surface area contributed by atoms with Gasteiger partial charge in [0, 0.05) is 37.3 Å². The highest BCUT2D eigenvalue weighted by atomic mass is 35.5. The molecule has 1 saturated heterocycles. The molecule has 3 atom stereocenters. The summed E-state index contributed by atoms with van der Waals surface area (Å²) in [5, 5.41) is 41.5. The minimum absolute atomic E-state index is 0.0741. The number of aliphatic hydroxyl groups excluding tert-OH is 1. The number of nitriles is 1. The minimum atomic E-state index is -1.08. The van der Waals surface area contributed by atoms with Crippen LogP contribution >= 0.6 is 11.6 Å². The van der Waals surface area contributed by atoms with Crippen molar-refractivity contribution >= 4 is 34.6 Å². The van der Waals surface area contributed by atoms with Gasteiger partial charge < -0.3 is 34.5 Å². The molecular formula is C41H40ClN5O8. The van der Waals surface area contributed by atoms with E-state index in [4.69, 9.17) is 35.6 Å². The molecule has 14 heteroatoms. The second-order valence-corrected chi connectivity index (χ2v) is 14.4. The van der Waals surface area contributed by atoms with Gasteiger partial charge >= 0.3 is 11.9 Å². The number of likely N-dealkylation sites (tertiary alicyclic amines) is 1. The van der Waals surface area contributed by atoms with Crippen molar-refractivity contribution in [2.75, 3.05) is 26.7 Å². The van der Waals surface area contributed by atoms with Crippen molar-refractivity contribution in [2.45, 2.75) is 57.9 Å². The highest BCUT2D eigenvalue weighted by molar-refractivity contribution is 6.31. The number of benzene rings is 3. The van der Waals surface area contributed by atoms with Gasteiger partial charge in [0.05, 0.1) is 31.1 Å². The third kappa shape index (κ3) is 7.99. The molecular weight excluding hydrogens is 726 g/mol. The first-order valence-corrected chi connectivity index (χ1v) is 18.4. The molecule has 3 heterocycles. The molecule has 5 aromatic rings. The summed E-state index contributed by atoms with van der Waals surface area (Å²) in [6.07, 6.45) is 0.353. The summed E-state index contributed by atoms with van der Waals surface area (Å²) in [6.45, 7) is 4.03. The fourth-order valence-electron chi connectivity index (χ4n) is 7.63. The van der Waals surface area contributed by atoms with Gasteiger partial charge in [0.2, 0.25) is 17.7 Å². The van der Waals surface area contributed by atoms with Crippen LogP contribution in [0, 0.1) is 24.2 Å². The number of pyridine rings is 1. The largest absolute Gasteiger partial charge is 0.481 e. The van der Waals surface area contributed by atoms with E-state index in [1.54, 1.807) is 12.1 Å². The molecule has 0 saturated carbocycles. The molecule has 55 heavy (non-hydrogen) atoms. The van der Waals surface area contributed by atoms with Crippen LogP contribution in [0.4, 0.5) is 0 Å². The van der Waals surface area contributed by atoms with E-state index in [1.165, 1.54) is 7.11 Å². The number of fused-ring (bicyclic) bond motifs is 2. The van der Waals surface area contributed by atoms with Gasteiger partial charge in [0.25, 0.3) is 0 Å². The van der Waals surface area contributed by atoms with E-state index in [2.05, 4.69) is 33.4 Å². The van der Waals surface area contributed by atoms with Crippen LogP contribution < -0.4 is 14.8 Å². The van der Waals surface area contributed by atoms with Crippen molar-refractivity contribution < 1.29 is 38.8 Å². The molecule has 0 bridgehead atoms. The number of carboxylic acid groups (broad SMARTS) is 2. The van der Waals surface area contributed by atoms with Crippen LogP contribution in [-0.4, -0.2) is 75.0 Å². The van der Waals surface area contributed by atoms with Gasteiger partial charge in [-0.1, -0.05) is 41.9 Å². The van der Waals surface area contributed by atoms with Gasteiger partial charge in [0.15, 0.2) is 5.58 Å². The smallest absolute Gasteiger partial charge is 0.307 e. The lowest BCUT2D eigenvalue weighted by Crippen LogP contribution is -2.28. The maximum Gasteiger partial charge on any atom is 0.307 e. The zero-order chi connectivity index (χ0) is 38.8. The number of rotatable bonds is 14. The second-order valence-electron chi connectivity index (χ2n) is 14.0. The van der Waals surface area contributed by atoms with E-state index in [1.807, 2.05) is 37.3 Å². The van der Waals surface area contributed by atoms with Crippen LogP contribution in [0.1, 0.15) is 58.7 Å². The number of methoxy groups -OCH3 is 1. The average molecular weight is 766 g/mol. The van der Waals surface area contributed by atoms with E-state index in [-0.39, 0.29) is 37.4 Å². The highest BCUT2D eigenvalue weighted by Gasteiger charge is 2.30. The molecule has 0 spiro atoms. The SMILES string of the molecule is COc1nc(O[C@H]2CCc3c(-c4cccc(-c5nc6cc(CN7CC[C@@H](C(=O)O)C7)cc(C#N)c6o5)c4C)cccc32)c(Cl)cc1CNC[C@@H](O)CC(=O)O. The molecule has 2 aliphatic rings. The van der Waals surface area contributed by atoms with Gasteiger partial charge in [-0.15, -0.1) is 0 Å². The molecule has 3 aromatic carbocycles. The predicted octanol–water partition coefficient (Wildman–Crippen LogP) is 6.30. The van der Waals surface area contributed by atoms with Crippen LogP contribution in [0.25, 0.3) is 33.7 Å². The van der Waals surface area contributed by atoms with Crippen LogP contribution in [0.15, 0.2) is 59.0 Å². The number of halogens is 1. The van der Waals surface area contributed by atoms with Crippen LogP contribution in [0.5, 0.6) is 11.8 Å². The molecule has 0 radical (unpaired) electrons. The van der Waals surface area contributed by atoms with Gasteiger partial charge in [-0.3, -0.25) is 14.5 Å². The summed E-state index contributed by atoms with van der Waals surface area (Å²) in [6, 6.07) is 19.8. The molecule has 284 valence electrons. The minimum Gasteiger partial charge on any atom is -0.481 e. The molecule has 7 rings (SSSR count). The standard InChI is InChI=1S/C41H40ClN5O8/c1-22-28(5-3-6-29(22)39-45-34-14-23(13-25(17-43)37(34)55-39)20-47-12-11-24(21-47)41(51)52)30-7-4-8-32-31(30)9-10-35(32)54-40-33(42)15-26(38(46-40)53-2)18-44-19-27(48)16-36(49)50/h3-8,13-15,24,27,35,44,48H,9-12,16,18-21H2,1-2H3,(H,49,50)(H,51,52)/t24-,27+,35+/m1/s1. The number of carboxylic acids is 2. The lowest BCUT2D eigenvalue weighted by atomic mass is 9.91. The number of carbonyl (C=O) groups is 2. The van der Waals surface area contributed by atoms with Gasteiger partial charge in [-0.05, 0) is 90.4 Å². The Labute approximate surface area is 322 Å². The van der Waals surface area contributed by atoms with Crippen LogP contribution in [0.3, 0.4) is 0 Å². The summed E-state index contributed by atoms with van der Waals surface area (Å²) >= 11 is 6.66. The first-order chi connectivity index (χ1) is 26.5. The summed E-state index contributed by atoms with van der Waals surface area (Å²) in [7, 11) is 1.49. The first-order valence-electron chi connectivity index (χ1n) is 18.0. The molecule has 0 unspecified atom stereocenters. The number of aromatic nitrogens is 2. The number of nitrogens with zero attached hydrogens (tertiary/aromatic N) is 4. The van der Waals surface area contributed by atoms with Crippen molar-refractivity contribution in [1.29, 1.82) is 5.26 Å². The van der Waals surface area contributed by atoms with E-state index in [9.17, 15) is 25.1 Å². The summed E-state index contributed by atoms with van der Waals surface area (Å²) in [4.78, 5) is 33.8. The number of aliphatic carboxylic acids is 2. The van der Waals surface area contributed by atoms with Crippen molar-refractivity contribution in [3.63, 3.8) is 0 Å². The number of aliphatic hydroxyl groups is 1. The maximum absolute atomic E-state index is 11.5. The van der Waals surface area contributed by atoms with Gasteiger partial charge in [0.1, 0.15) is 22.7 Å². The van der Waals surface area contributed by atoms with Gasteiger partial charge in [-0.25, -0.2) is 4.98 Å². The van der Waals surface area contributed by atoms with Crippen molar-refractivity contribution in [1.82, 2.24) is 20.2 Å². The Bertz CT molecular complexity index is 2320. The van der Waals surface area contributed by atoms with Crippen molar-refractivity contribution in [3.05, 3.63) is 93.0 Å². The van der Waals surface area contributed by atoms with Crippen molar-refractivity contribution in [2.24, 2.45) is 5.92 Å². The number of ether oxygens (including phenoxy) is 2. The average Bonchev–Trinajstić information content (AvgIpc) is 3.91. The molecule has 1 aliphatic heterocycles. The summed E-state index contributed by atoms with van der Waals surface area (Å²) < 4.78 is 18.2. The molecule has 13 nitrogen and oxygen atoms in total. The zero-order valence-electron chi connectivity index (χ0n) is 30.3. The number of oxazole rings is 1. The normalized spacial score (nSPS) is 17.2. The Kier molecular flexibility index (Phi) is 11.0. The zero-order valence-corrected chi connectivity index (χ0v) is 31.1. The van der Waals surface area contributed by atoms with Crippen molar-refractivity contribution in [3.8, 4) is 40.4 Å². The third-order valence-electron chi connectivity index (χ3n) is 10.3. The quantitative estimate of drug-likeness (QED) is 0.0986. The number of hydrogen-bond acceptors (Lipinski definition) is 11. The second kappa shape index (κ2) is 16.1. The number of nitrogens with one attached hydrogen (secondary N) is 1. The number of hydrogen-bond donors (Lipinski definition) is 4. The molecule has 0 amide bonds. The highest BCUT2D eigenvalue weighted by Crippen LogP contribution is 2.43. The summed E-state index contributed by atoms with van der Waals surface area (Å²) in [5.41, 5.74) is 8.92. The molecule has 2 aromatic heterocycles.